The van der Waals surface area contributed by atoms with E-state index >= 15 is 0 Å². The Morgan fingerprint density at radius 1 is 1.32 bits per heavy atom. The molecule has 5 nitrogen and oxygen atoms in total. The van der Waals surface area contributed by atoms with Crippen molar-refractivity contribution in [1.82, 2.24) is 4.98 Å². The molecule has 0 unspecified atom stereocenters. The summed E-state index contributed by atoms with van der Waals surface area (Å²) in [7, 11) is 0. The van der Waals surface area contributed by atoms with E-state index in [9.17, 15) is 9.90 Å². The Bertz CT molecular complexity index is 649. The molecule has 1 heterocycles. The van der Waals surface area contributed by atoms with Crippen molar-refractivity contribution in [2.24, 2.45) is 0 Å². The zero-order valence-corrected chi connectivity index (χ0v) is 11.7. The number of benzene rings is 1. The van der Waals surface area contributed by atoms with Gasteiger partial charge in [0.2, 0.25) is 0 Å². The van der Waals surface area contributed by atoms with Crippen molar-refractivity contribution in [2.45, 2.75) is 0 Å². The third-order valence-corrected chi connectivity index (χ3v) is 3.41. The number of amides is 1. The minimum Gasteiger partial charge on any atom is -0.508 e. The average molecular weight is 344 g/mol. The molecule has 0 aliphatic heterocycles. The molecule has 0 saturated carbocycles. The average Bonchev–Trinajstić information content (AvgIpc) is 2.33. The minimum absolute atomic E-state index is 0.0453. The standard InChI is InChI=1S/C12H8BrClN2O3/c13-9-3-6(5-15-11(9)14)16-12(19)8-2-1-7(17)4-10(8)18/h1-5,17-18H,(H,16,19). The fourth-order valence-electron chi connectivity index (χ4n) is 1.40. The number of carbonyl (C=O) groups excluding carboxylic acids is 1. The number of aromatic hydroxyl groups is 2. The van der Waals surface area contributed by atoms with Crippen LogP contribution in [-0.4, -0.2) is 21.1 Å². The summed E-state index contributed by atoms with van der Waals surface area (Å²) in [5.41, 5.74) is 0.470. The lowest BCUT2D eigenvalue weighted by molar-refractivity contribution is 0.102. The van der Waals surface area contributed by atoms with Crippen LogP contribution in [-0.2, 0) is 0 Å². The number of carbonyl (C=O) groups is 1. The van der Waals surface area contributed by atoms with E-state index in [1.807, 2.05) is 0 Å². The van der Waals surface area contributed by atoms with Crippen molar-refractivity contribution < 1.29 is 15.0 Å². The van der Waals surface area contributed by atoms with Crippen molar-refractivity contribution in [3.8, 4) is 11.5 Å². The summed E-state index contributed by atoms with van der Waals surface area (Å²) in [6, 6.07) is 5.30. The van der Waals surface area contributed by atoms with Crippen molar-refractivity contribution in [3.05, 3.63) is 45.7 Å². The molecule has 7 heteroatoms. The molecular formula is C12H8BrClN2O3. The molecule has 19 heavy (non-hydrogen) atoms. The Hall–Kier alpha value is -1.79. The van der Waals surface area contributed by atoms with Crippen molar-refractivity contribution >= 4 is 39.1 Å². The first-order valence-electron chi connectivity index (χ1n) is 5.12. The van der Waals surface area contributed by atoms with Crippen LogP contribution in [0.3, 0.4) is 0 Å². The maximum Gasteiger partial charge on any atom is 0.259 e. The van der Waals surface area contributed by atoms with E-state index in [-0.39, 0.29) is 22.2 Å². The second-order valence-corrected chi connectivity index (χ2v) is 4.86. The van der Waals surface area contributed by atoms with Gasteiger partial charge in [-0.2, -0.15) is 0 Å². The van der Waals surface area contributed by atoms with Crippen molar-refractivity contribution in [3.63, 3.8) is 0 Å². The molecule has 0 saturated heterocycles. The Morgan fingerprint density at radius 3 is 2.68 bits per heavy atom. The van der Waals surface area contributed by atoms with Gasteiger partial charge in [-0.1, -0.05) is 11.6 Å². The van der Waals surface area contributed by atoms with Gasteiger partial charge in [-0.05, 0) is 34.1 Å². The lowest BCUT2D eigenvalue weighted by Crippen LogP contribution is -2.12. The van der Waals surface area contributed by atoms with Gasteiger partial charge in [0.05, 0.1) is 21.9 Å². The number of halogens is 2. The highest BCUT2D eigenvalue weighted by Crippen LogP contribution is 2.25. The van der Waals surface area contributed by atoms with Gasteiger partial charge in [0.15, 0.2) is 0 Å². The smallest absolute Gasteiger partial charge is 0.259 e. The number of hydrogen-bond donors (Lipinski definition) is 3. The van der Waals surface area contributed by atoms with E-state index < -0.39 is 5.91 Å². The molecule has 0 spiro atoms. The molecule has 2 rings (SSSR count). The number of anilines is 1. The normalized spacial score (nSPS) is 10.2. The van der Waals surface area contributed by atoms with Crippen LogP contribution in [0, 0.1) is 0 Å². The first-order chi connectivity index (χ1) is 8.97. The van der Waals surface area contributed by atoms with Gasteiger partial charge < -0.3 is 15.5 Å². The Morgan fingerprint density at radius 2 is 2.05 bits per heavy atom. The number of pyridine rings is 1. The van der Waals surface area contributed by atoms with Crippen LogP contribution in [0.25, 0.3) is 0 Å². The molecule has 0 bridgehead atoms. The third kappa shape index (κ3) is 3.15. The molecule has 1 aromatic heterocycles. The molecular weight excluding hydrogens is 336 g/mol. The first kappa shape index (κ1) is 13.6. The summed E-state index contributed by atoms with van der Waals surface area (Å²) < 4.78 is 0.543. The molecule has 1 aromatic carbocycles. The van der Waals surface area contributed by atoms with Gasteiger partial charge in [-0.3, -0.25) is 4.79 Å². The first-order valence-corrected chi connectivity index (χ1v) is 6.29. The lowest BCUT2D eigenvalue weighted by Gasteiger charge is -2.07. The van der Waals surface area contributed by atoms with E-state index in [1.165, 1.54) is 18.3 Å². The van der Waals surface area contributed by atoms with Gasteiger partial charge in [-0.25, -0.2) is 4.98 Å². The summed E-state index contributed by atoms with van der Waals surface area (Å²) in [6.45, 7) is 0. The summed E-state index contributed by atoms with van der Waals surface area (Å²) >= 11 is 8.93. The maximum atomic E-state index is 11.9. The molecule has 0 atom stereocenters. The van der Waals surface area contributed by atoms with E-state index in [0.29, 0.717) is 10.2 Å². The number of nitrogens with one attached hydrogen (secondary N) is 1. The van der Waals surface area contributed by atoms with E-state index in [1.54, 1.807) is 6.07 Å². The topological polar surface area (TPSA) is 82.5 Å². The minimum atomic E-state index is -0.520. The highest BCUT2D eigenvalue weighted by Gasteiger charge is 2.12. The maximum absolute atomic E-state index is 11.9. The van der Waals surface area contributed by atoms with Gasteiger partial charge in [0, 0.05) is 6.07 Å². The number of nitrogens with zero attached hydrogens (tertiary/aromatic N) is 1. The number of phenols is 2. The predicted octanol–water partition coefficient (Wildman–Crippen LogP) is 3.16. The van der Waals surface area contributed by atoms with E-state index in [2.05, 4.69) is 26.2 Å². The van der Waals surface area contributed by atoms with E-state index in [0.717, 1.165) is 6.07 Å². The SMILES string of the molecule is O=C(Nc1cnc(Cl)c(Br)c1)c1ccc(O)cc1O. The quantitative estimate of drug-likeness (QED) is 0.732. The summed E-state index contributed by atoms with van der Waals surface area (Å²) in [5, 5.41) is 21.6. The fraction of sp³-hybridized carbons (Fsp3) is 0. The number of rotatable bonds is 2. The van der Waals surface area contributed by atoms with Gasteiger partial charge in [0.1, 0.15) is 16.7 Å². The highest BCUT2D eigenvalue weighted by atomic mass is 79.9. The summed E-state index contributed by atoms with van der Waals surface area (Å²) in [4.78, 5) is 15.8. The molecule has 2 aromatic rings. The number of hydrogen-bond acceptors (Lipinski definition) is 4. The second kappa shape index (κ2) is 5.46. The lowest BCUT2D eigenvalue weighted by atomic mass is 10.2. The largest absolute Gasteiger partial charge is 0.508 e. The summed E-state index contributed by atoms with van der Waals surface area (Å²) in [5.74, 6) is -0.947. The summed E-state index contributed by atoms with van der Waals surface area (Å²) in [6.07, 6.45) is 1.39. The molecule has 0 aliphatic rings. The highest BCUT2D eigenvalue weighted by molar-refractivity contribution is 9.10. The van der Waals surface area contributed by atoms with Crippen LogP contribution in [0.1, 0.15) is 10.4 Å². The van der Waals surface area contributed by atoms with Crippen LogP contribution in [0.2, 0.25) is 5.15 Å². The van der Waals surface area contributed by atoms with Crippen molar-refractivity contribution in [2.75, 3.05) is 5.32 Å². The zero-order valence-electron chi connectivity index (χ0n) is 9.39. The molecule has 1 amide bonds. The van der Waals surface area contributed by atoms with Crippen molar-refractivity contribution in [1.29, 1.82) is 0 Å². The van der Waals surface area contributed by atoms with Crippen LogP contribution in [0.15, 0.2) is 34.9 Å². The molecule has 3 N–H and O–H groups in total. The predicted molar refractivity (Wildman–Crippen MR) is 74.7 cm³/mol. The van der Waals surface area contributed by atoms with Crippen LogP contribution in [0.5, 0.6) is 11.5 Å². The van der Waals surface area contributed by atoms with Gasteiger partial charge in [-0.15, -0.1) is 0 Å². The molecule has 98 valence electrons. The number of aromatic nitrogens is 1. The molecule has 0 radical (unpaired) electrons. The fourth-order valence-corrected chi connectivity index (χ4v) is 1.85. The second-order valence-electron chi connectivity index (χ2n) is 3.65. The molecule has 0 aliphatic carbocycles. The Labute approximate surface area is 122 Å². The Kier molecular flexibility index (Phi) is 3.92. The Balaban J connectivity index is 2.23. The number of phenolic OH excluding ortho intramolecular Hbond substituents is 2. The zero-order chi connectivity index (χ0) is 14.0. The molecule has 0 fully saturated rings. The van der Waals surface area contributed by atoms with Gasteiger partial charge >= 0.3 is 0 Å². The van der Waals surface area contributed by atoms with Gasteiger partial charge in [0.25, 0.3) is 5.91 Å². The van der Waals surface area contributed by atoms with E-state index in [4.69, 9.17) is 16.7 Å². The third-order valence-electron chi connectivity index (χ3n) is 2.28. The van der Waals surface area contributed by atoms with Crippen LogP contribution >= 0.6 is 27.5 Å². The van der Waals surface area contributed by atoms with Crippen LogP contribution in [0.4, 0.5) is 5.69 Å². The van der Waals surface area contributed by atoms with Crippen LogP contribution < -0.4 is 5.32 Å². The monoisotopic (exact) mass is 342 g/mol.